The van der Waals surface area contributed by atoms with Gasteiger partial charge in [-0.25, -0.2) is 0 Å². The summed E-state index contributed by atoms with van der Waals surface area (Å²) in [5.41, 5.74) is 1.27. The van der Waals surface area contributed by atoms with Crippen LogP contribution < -0.4 is 5.32 Å². The molecule has 1 N–H and O–H groups in total. The van der Waals surface area contributed by atoms with Crippen LogP contribution >= 0.6 is 27.7 Å². The molecule has 102 valence electrons. The minimum atomic E-state index is 0.446. The highest BCUT2D eigenvalue weighted by molar-refractivity contribution is 9.10. The molecule has 0 aliphatic heterocycles. The van der Waals surface area contributed by atoms with E-state index in [4.69, 9.17) is 0 Å². The summed E-state index contributed by atoms with van der Waals surface area (Å²) in [6.45, 7) is 0. The normalized spacial score (nSPS) is 12.6. The van der Waals surface area contributed by atoms with Gasteiger partial charge < -0.3 is 5.32 Å². The number of hydrogen-bond donors (Lipinski definition) is 1. The fraction of sp³-hybridized carbons (Fsp3) is 0.357. The van der Waals surface area contributed by atoms with Gasteiger partial charge in [-0.15, -0.1) is 11.8 Å². The van der Waals surface area contributed by atoms with E-state index in [-0.39, 0.29) is 0 Å². The molecule has 2 rings (SSSR count). The van der Waals surface area contributed by atoms with Gasteiger partial charge in [0.25, 0.3) is 0 Å². The largest absolute Gasteiger partial charge is 0.316 e. The van der Waals surface area contributed by atoms with Crippen LogP contribution in [0.2, 0.25) is 0 Å². The first-order valence-electron chi connectivity index (χ1n) is 6.21. The summed E-state index contributed by atoms with van der Waals surface area (Å²) in [6, 6.07) is 8.78. The van der Waals surface area contributed by atoms with E-state index in [9.17, 15) is 0 Å². The molecule has 0 saturated heterocycles. The van der Waals surface area contributed by atoms with Gasteiger partial charge in [-0.05, 0) is 47.1 Å². The molecular formula is C14H18BrN3S. The van der Waals surface area contributed by atoms with E-state index < -0.39 is 0 Å². The molecule has 1 unspecified atom stereocenters. The van der Waals surface area contributed by atoms with Crippen molar-refractivity contribution in [2.24, 2.45) is 7.05 Å². The molecule has 1 heterocycles. The van der Waals surface area contributed by atoms with Crippen molar-refractivity contribution < 1.29 is 0 Å². The summed E-state index contributed by atoms with van der Waals surface area (Å²) >= 11 is 5.45. The smallest absolute Gasteiger partial charge is 0.0522 e. The Balaban J connectivity index is 1.91. The Kier molecular flexibility index (Phi) is 5.48. The van der Waals surface area contributed by atoms with Crippen LogP contribution in [0.1, 0.15) is 5.56 Å². The van der Waals surface area contributed by atoms with Crippen molar-refractivity contribution in [3.63, 3.8) is 0 Å². The Morgan fingerprint density at radius 3 is 2.84 bits per heavy atom. The maximum absolute atomic E-state index is 4.21. The Bertz CT molecular complexity index is 527. The Morgan fingerprint density at radius 2 is 2.21 bits per heavy atom. The summed E-state index contributed by atoms with van der Waals surface area (Å²) in [5, 5.41) is 7.59. The number of halogens is 1. The van der Waals surface area contributed by atoms with Crippen molar-refractivity contribution in [2.75, 3.05) is 12.8 Å². The second-order valence-corrected chi connectivity index (χ2v) is 6.37. The molecule has 0 fully saturated rings. The number of aromatic nitrogens is 2. The minimum absolute atomic E-state index is 0.446. The molecule has 0 saturated carbocycles. The molecule has 1 atom stereocenters. The van der Waals surface area contributed by atoms with Crippen LogP contribution in [0, 0.1) is 0 Å². The van der Waals surface area contributed by atoms with Crippen LogP contribution in [0.5, 0.6) is 0 Å². The Labute approximate surface area is 126 Å². The molecule has 0 aliphatic rings. The summed E-state index contributed by atoms with van der Waals surface area (Å²) < 4.78 is 3.01. The molecule has 0 aliphatic carbocycles. The Morgan fingerprint density at radius 1 is 1.42 bits per heavy atom. The van der Waals surface area contributed by atoms with Gasteiger partial charge in [0.15, 0.2) is 0 Å². The van der Waals surface area contributed by atoms with E-state index in [0.29, 0.717) is 6.04 Å². The fourth-order valence-corrected chi connectivity index (χ4v) is 3.53. The van der Waals surface area contributed by atoms with Gasteiger partial charge in [-0.1, -0.05) is 12.1 Å². The summed E-state index contributed by atoms with van der Waals surface area (Å²) in [7, 11) is 3.97. The highest BCUT2D eigenvalue weighted by Crippen LogP contribution is 2.27. The zero-order valence-corrected chi connectivity index (χ0v) is 13.5. The van der Waals surface area contributed by atoms with Gasteiger partial charge >= 0.3 is 0 Å². The van der Waals surface area contributed by atoms with Crippen molar-refractivity contribution in [1.29, 1.82) is 0 Å². The topological polar surface area (TPSA) is 29.9 Å². The van der Waals surface area contributed by atoms with Crippen molar-refractivity contribution >= 4 is 27.7 Å². The highest BCUT2D eigenvalue weighted by atomic mass is 79.9. The molecule has 3 nitrogen and oxygen atoms in total. The van der Waals surface area contributed by atoms with Gasteiger partial charge in [0.1, 0.15) is 0 Å². The predicted molar refractivity (Wildman–Crippen MR) is 84.6 cm³/mol. The SMILES string of the molecule is CNC(CSc1ccccc1Br)Cc1cnn(C)c1. The lowest BCUT2D eigenvalue weighted by Gasteiger charge is -2.15. The van der Waals surface area contributed by atoms with Gasteiger partial charge in [0.05, 0.1) is 6.20 Å². The number of thioether (sulfide) groups is 1. The van der Waals surface area contributed by atoms with Crippen molar-refractivity contribution in [3.05, 3.63) is 46.7 Å². The summed E-state index contributed by atoms with van der Waals surface area (Å²) in [6.07, 6.45) is 5.02. The zero-order chi connectivity index (χ0) is 13.7. The third-order valence-electron chi connectivity index (χ3n) is 2.93. The van der Waals surface area contributed by atoms with Gasteiger partial charge in [0, 0.05) is 34.4 Å². The van der Waals surface area contributed by atoms with Gasteiger partial charge in [-0.3, -0.25) is 4.68 Å². The van der Waals surface area contributed by atoms with E-state index in [1.54, 1.807) is 0 Å². The Hall–Kier alpha value is -0.780. The van der Waals surface area contributed by atoms with Crippen LogP contribution in [0.15, 0.2) is 46.0 Å². The second kappa shape index (κ2) is 7.12. The molecule has 0 spiro atoms. The number of benzene rings is 1. The van der Waals surface area contributed by atoms with Gasteiger partial charge in [0.2, 0.25) is 0 Å². The lowest BCUT2D eigenvalue weighted by molar-refractivity contribution is 0.616. The van der Waals surface area contributed by atoms with Gasteiger partial charge in [-0.2, -0.15) is 5.10 Å². The lowest BCUT2D eigenvalue weighted by Crippen LogP contribution is -2.29. The maximum atomic E-state index is 4.21. The average Bonchev–Trinajstić information content (AvgIpc) is 2.81. The van der Waals surface area contributed by atoms with Crippen molar-refractivity contribution in [2.45, 2.75) is 17.4 Å². The number of hydrogen-bond acceptors (Lipinski definition) is 3. The first-order chi connectivity index (χ1) is 9.19. The van der Waals surface area contributed by atoms with Crippen molar-refractivity contribution in [3.8, 4) is 0 Å². The summed E-state index contributed by atoms with van der Waals surface area (Å²) in [5.74, 6) is 1.04. The standard InChI is InChI=1S/C14H18BrN3S/c1-16-12(7-11-8-17-18(2)9-11)10-19-14-6-4-3-5-13(14)15/h3-6,8-9,12,16H,7,10H2,1-2H3. The number of nitrogens with one attached hydrogen (secondary N) is 1. The van der Waals surface area contributed by atoms with E-state index >= 15 is 0 Å². The first-order valence-corrected chi connectivity index (χ1v) is 7.99. The summed E-state index contributed by atoms with van der Waals surface area (Å²) in [4.78, 5) is 1.29. The quantitative estimate of drug-likeness (QED) is 0.820. The van der Waals surface area contributed by atoms with Crippen LogP contribution in [-0.2, 0) is 13.5 Å². The molecule has 0 radical (unpaired) electrons. The average molecular weight is 340 g/mol. The first kappa shape index (κ1) is 14.6. The predicted octanol–water partition coefficient (Wildman–Crippen LogP) is 3.11. The van der Waals surface area contributed by atoms with Crippen LogP contribution in [0.4, 0.5) is 0 Å². The van der Waals surface area contributed by atoms with E-state index in [2.05, 4.69) is 50.7 Å². The van der Waals surface area contributed by atoms with E-state index in [1.807, 2.05) is 42.8 Å². The van der Waals surface area contributed by atoms with Crippen LogP contribution in [0.25, 0.3) is 0 Å². The molecular weight excluding hydrogens is 322 g/mol. The molecule has 0 amide bonds. The highest BCUT2D eigenvalue weighted by Gasteiger charge is 2.10. The minimum Gasteiger partial charge on any atom is -0.316 e. The number of nitrogens with zero attached hydrogens (tertiary/aromatic N) is 2. The number of rotatable bonds is 6. The monoisotopic (exact) mass is 339 g/mol. The van der Waals surface area contributed by atoms with Crippen LogP contribution in [-0.4, -0.2) is 28.6 Å². The third kappa shape index (κ3) is 4.37. The molecule has 1 aromatic heterocycles. The third-order valence-corrected chi connectivity index (χ3v) is 5.12. The molecule has 19 heavy (non-hydrogen) atoms. The molecule has 2 aromatic rings. The second-order valence-electron chi connectivity index (χ2n) is 4.45. The fourth-order valence-electron chi connectivity index (χ4n) is 1.86. The van der Waals surface area contributed by atoms with E-state index in [0.717, 1.165) is 16.6 Å². The number of aryl methyl sites for hydroxylation is 1. The van der Waals surface area contributed by atoms with E-state index in [1.165, 1.54) is 10.5 Å². The van der Waals surface area contributed by atoms with Crippen LogP contribution in [0.3, 0.4) is 0 Å². The zero-order valence-electron chi connectivity index (χ0n) is 11.1. The lowest BCUT2D eigenvalue weighted by atomic mass is 10.1. The maximum Gasteiger partial charge on any atom is 0.0522 e. The van der Waals surface area contributed by atoms with Crippen molar-refractivity contribution in [1.82, 2.24) is 15.1 Å². The molecule has 0 bridgehead atoms. The molecule has 5 heteroatoms. The molecule has 1 aromatic carbocycles. The number of likely N-dealkylation sites (N-methyl/N-ethyl adjacent to an activating group) is 1.